The van der Waals surface area contributed by atoms with Crippen LogP contribution in [0.2, 0.25) is 0 Å². The molecule has 0 N–H and O–H groups in total. The van der Waals surface area contributed by atoms with Gasteiger partial charge in [0.25, 0.3) is 0 Å². The lowest BCUT2D eigenvalue weighted by Gasteiger charge is -1.95. The van der Waals surface area contributed by atoms with Gasteiger partial charge in [-0.05, 0) is 35.8 Å². The molecular formula is C12H11NO. The zero-order valence-electron chi connectivity index (χ0n) is 8.03. The van der Waals surface area contributed by atoms with Gasteiger partial charge in [0, 0.05) is 0 Å². The summed E-state index contributed by atoms with van der Waals surface area (Å²) >= 11 is 0. The first-order chi connectivity index (χ1) is 6.80. The van der Waals surface area contributed by atoms with Crippen LogP contribution in [0.5, 0.6) is 0 Å². The highest BCUT2D eigenvalue weighted by molar-refractivity contribution is 5.81. The molecule has 1 aromatic carbocycles. The second kappa shape index (κ2) is 4.98. The minimum absolute atomic E-state index is 0.631. The van der Waals surface area contributed by atoms with Crippen molar-refractivity contribution < 1.29 is 4.79 Å². The average Bonchev–Trinajstić information content (AvgIpc) is 2.26. The van der Waals surface area contributed by atoms with E-state index in [4.69, 9.17) is 5.26 Å². The van der Waals surface area contributed by atoms with E-state index in [9.17, 15) is 4.79 Å². The predicted octanol–water partition coefficient (Wildman–Crippen LogP) is 2.55. The van der Waals surface area contributed by atoms with Crippen LogP contribution in [0.25, 0.3) is 6.08 Å². The summed E-state index contributed by atoms with van der Waals surface area (Å²) in [6.07, 6.45) is 3.41. The van der Waals surface area contributed by atoms with E-state index in [1.54, 1.807) is 12.1 Å². The normalized spacial score (nSPS) is 10.7. The number of nitrogens with zero attached hydrogens (tertiary/aromatic N) is 1. The summed E-state index contributed by atoms with van der Waals surface area (Å²) in [5.74, 6) is 0. The summed E-state index contributed by atoms with van der Waals surface area (Å²) in [4.78, 5) is 10.5. The van der Waals surface area contributed by atoms with E-state index in [-0.39, 0.29) is 0 Å². The van der Waals surface area contributed by atoms with Crippen LogP contribution in [0, 0.1) is 11.3 Å². The van der Waals surface area contributed by atoms with Gasteiger partial charge in [0.05, 0.1) is 11.6 Å². The third-order valence-corrected chi connectivity index (χ3v) is 1.95. The maximum Gasteiger partial charge on any atom is 0.146 e. The van der Waals surface area contributed by atoms with E-state index < -0.39 is 0 Å². The van der Waals surface area contributed by atoms with Gasteiger partial charge in [-0.25, -0.2) is 0 Å². The van der Waals surface area contributed by atoms with Crippen LogP contribution in [-0.4, -0.2) is 6.29 Å². The first-order valence-electron chi connectivity index (χ1n) is 4.46. The Bertz CT molecular complexity index is 382. The Labute approximate surface area is 83.5 Å². The number of hydrogen-bond donors (Lipinski definition) is 0. The Hall–Kier alpha value is -1.88. The van der Waals surface area contributed by atoms with Crippen molar-refractivity contribution >= 4 is 12.4 Å². The molecule has 2 nitrogen and oxygen atoms in total. The molecule has 0 aliphatic heterocycles. The molecule has 1 rings (SSSR count). The number of aldehydes is 1. The topological polar surface area (TPSA) is 40.9 Å². The molecule has 0 spiro atoms. The molecule has 1 aromatic rings. The molecule has 0 saturated carbocycles. The van der Waals surface area contributed by atoms with Gasteiger partial charge in [0.1, 0.15) is 6.29 Å². The molecule has 0 fully saturated rings. The molecule has 70 valence electrons. The summed E-state index contributed by atoms with van der Waals surface area (Å²) in [7, 11) is 0. The van der Waals surface area contributed by atoms with Crippen LogP contribution in [0.15, 0.2) is 29.8 Å². The van der Waals surface area contributed by atoms with Gasteiger partial charge in [0.15, 0.2) is 0 Å². The third kappa shape index (κ3) is 2.56. The number of hydrogen-bond acceptors (Lipinski definition) is 2. The van der Waals surface area contributed by atoms with E-state index in [0.717, 1.165) is 23.8 Å². The summed E-state index contributed by atoms with van der Waals surface area (Å²) in [6, 6.07) is 9.19. The first-order valence-corrected chi connectivity index (χ1v) is 4.46. The Morgan fingerprint density at radius 2 is 2.07 bits per heavy atom. The van der Waals surface area contributed by atoms with Crippen LogP contribution < -0.4 is 0 Å². The first kappa shape index (κ1) is 10.2. The SMILES string of the molecule is CC/C(C=O)=C\c1ccc(C#N)cc1. The summed E-state index contributed by atoms with van der Waals surface area (Å²) in [5.41, 5.74) is 2.34. The van der Waals surface area contributed by atoms with Crippen LogP contribution in [0.1, 0.15) is 24.5 Å². The standard InChI is InChI=1S/C12H11NO/c1-2-10(9-14)7-11-3-5-12(8-13)6-4-11/h3-7,9H,2H2,1H3/b10-7+. The Kier molecular flexibility index (Phi) is 3.63. The average molecular weight is 185 g/mol. The lowest BCUT2D eigenvalue weighted by Crippen LogP contribution is -1.82. The second-order valence-electron chi connectivity index (χ2n) is 2.92. The fourth-order valence-electron chi connectivity index (χ4n) is 1.09. The van der Waals surface area contributed by atoms with Gasteiger partial charge < -0.3 is 0 Å². The van der Waals surface area contributed by atoms with Crippen molar-refractivity contribution in [1.29, 1.82) is 5.26 Å². The van der Waals surface area contributed by atoms with Crippen LogP contribution in [0.4, 0.5) is 0 Å². The molecule has 0 radical (unpaired) electrons. The van der Waals surface area contributed by atoms with Crippen molar-refractivity contribution in [3.63, 3.8) is 0 Å². The molecule has 0 saturated heterocycles. The number of carbonyl (C=O) groups is 1. The van der Waals surface area contributed by atoms with Gasteiger partial charge in [-0.3, -0.25) is 4.79 Å². The van der Waals surface area contributed by atoms with E-state index in [1.165, 1.54) is 0 Å². The quantitative estimate of drug-likeness (QED) is 0.536. The van der Waals surface area contributed by atoms with E-state index in [1.807, 2.05) is 31.2 Å². The third-order valence-electron chi connectivity index (χ3n) is 1.95. The molecule has 0 amide bonds. The summed E-state index contributed by atoms with van der Waals surface area (Å²) in [6.45, 7) is 1.93. The van der Waals surface area contributed by atoms with Gasteiger partial charge in [-0.15, -0.1) is 0 Å². The minimum Gasteiger partial charge on any atom is -0.298 e. The maximum absolute atomic E-state index is 10.5. The monoisotopic (exact) mass is 185 g/mol. The van der Waals surface area contributed by atoms with E-state index >= 15 is 0 Å². The maximum atomic E-state index is 10.5. The lowest BCUT2D eigenvalue weighted by molar-refractivity contribution is -0.104. The van der Waals surface area contributed by atoms with Crippen molar-refractivity contribution in [2.45, 2.75) is 13.3 Å². The van der Waals surface area contributed by atoms with Crippen LogP contribution in [0.3, 0.4) is 0 Å². The van der Waals surface area contributed by atoms with Gasteiger partial charge in [-0.1, -0.05) is 19.1 Å². The predicted molar refractivity (Wildman–Crippen MR) is 55.5 cm³/mol. The zero-order valence-corrected chi connectivity index (χ0v) is 8.03. The number of nitriles is 1. The van der Waals surface area contributed by atoms with Crippen molar-refractivity contribution in [3.8, 4) is 6.07 Å². The van der Waals surface area contributed by atoms with Gasteiger partial charge >= 0.3 is 0 Å². The summed E-state index contributed by atoms with van der Waals surface area (Å²) < 4.78 is 0. The molecule has 0 aliphatic rings. The van der Waals surface area contributed by atoms with Gasteiger partial charge in [-0.2, -0.15) is 5.26 Å². The zero-order chi connectivity index (χ0) is 10.4. The van der Waals surface area contributed by atoms with E-state index in [2.05, 4.69) is 0 Å². The highest BCUT2D eigenvalue weighted by atomic mass is 16.1. The largest absolute Gasteiger partial charge is 0.298 e. The Morgan fingerprint density at radius 1 is 1.43 bits per heavy atom. The van der Waals surface area contributed by atoms with Gasteiger partial charge in [0.2, 0.25) is 0 Å². The van der Waals surface area contributed by atoms with Crippen LogP contribution >= 0.6 is 0 Å². The molecule has 0 heterocycles. The highest BCUT2D eigenvalue weighted by Gasteiger charge is 1.93. The molecule has 0 aromatic heterocycles. The van der Waals surface area contributed by atoms with Crippen molar-refractivity contribution in [2.75, 3.05) is 0 Å². The smallest absolute Gasteiger partial charge is 0.146 e. The molecule has 2 heteroatoms. The Morgan fingerprint density at radius 3 is 2.50 bits per heavy atom. The molecule has 14 heavy (non-hydrogen) atoms. The van der Waals surface area contributed by atoms with Crippen molar-refractivity contribution in [1.82, 2.24) is 0 Å². The minimum atomic E-state index is 0.631. The van der Waals surface area contributed by atoms with E-state index in [0.29, 0.717) is 5.56 Å². The fourth-order valence-corrected chi connectivity index (χ4v) is 1.09. The molecule has 0 bridgehead atoms. The fraction of sp³-hybridized carbons (Fsp3) is 0.167. The second-order valence-corrected chi connectivity index (χ2v) is 2.92. The molecule has 0 unspecified atom stereocenters. The molecular weight excluding hydrogens is 174 g/mol. The number of carbonyl (C=O) groups excluding carboxylic acids is 1. The van der Waals surface area contributed by atoms with Crippen LogP contribution in [-0.2, 0) is 4.79 Å². The Balaban J connectivity index is 2.93. The number of rotatable bonds is 3. The molecule has 0 atom stereocenters. The highest BCUT2D eigenvalue weighted by Crippen LogP contribution is 2.09. The summed E-state index contributed by atoms with van der Waals surface area (Å²) in [5, 5.41) is 8.58. The van der Waals surface area contributed by atoms with Crippen molar-refractivity contribution in [3.05, 3.63) is 41.0 Å². The lowest BCUT2D eigenvalue weighted by atomic mass is 10.1. The molecule has 0 aliphatic carbocycles. The van der Waals surface area contributed by atoms with Crippen molar-refractivity contribution in [2.24, 2.45) is 0 Å². The number of allylic oxidation sites excluding steroid dienone is 1. The number of benzene rings is 1.